The molecule has 0 bridgehead atoms. The molecule has 1 aromatic heterocycles. The standard InChI is InChI=1S/C18H26N2O2S/c1-19-12-15(13-22-2)18(14-19)7-9-20(10-8-18)17(21)6-5-16-4-3-11-23-16/h3-6,11,15H,7-10,12-14H2,1-2H3/b6-5+. The van der Waals surface area contributed by atoms with Gasteiger partial charge in [0.25, 0.3) is 0 Å². The maximum atomic E-state index is 12.4. The fourth-order valence-corrected chi connectivity index (χ4v) is 4.73. The van der Waals surface area contributed by atoms with E-state index in [1.807, 2.05) is 28.5 Å². The van der Waals surface area contributed by atoms with Gasteiger partial charge in [-0.25, -0.2) is 0 Å². The molecule has 126 valence electrons. The van der Waals surface area contributed by atoms with E-state index in [1.54, 1.807) is 24.5 Å². The monoisotopic (exact) mass is 334 g/mol. The molecule has 3 rings (SSSR count). The maximum absolute atomic E-state index is 12.4. The van der Waals surface area contributed by atoms with Crippen molar-refractivity contribution >= 4 is 23.3 Å². The van der Waals surface area contributed by atoms with Crippen molar-refractivity contribution in [2.24, 2.45) is 11.3 Å². The van der Waals surface area contributed by atoms with Gasteiger partial charge in [-0.1, -0.05) is 6.07 Å². The number of hydrogen-bond acceptors (Lipinski definition) is 4. The predicted molar refractivity (Wildman–Crippen MR) is 94.5 cm³/mol. The zero-order valence-corrected chi connectivity index (χ0v) is 14.8. The van der Waals surface area contributed by atoms with Crippen molar-refractivity contribution in [2.45, 2.75) is 12.8 Å². The Kier molecular flexibility index (Phi) is 5.19. The normalized spacial score (nSPS) is 24.8. The van der Waals surface area contributed by atoms with Crippen LogP contribution < -0.4 is 0 Å². The number of piperidine rings is 1. The fraction of sp³-hybridized carbons (Fsp3) is 0.611. The molecule has 0 radical (unpaired) electrons. The van der Waals surface area contributed by atoms with Crippen molar-refractivity contribution in [2.75, 3.05) is 46.9 Å². The van der Waals surface area contributed by atoms with Gasteiger partial charge in [0.2, 0.25) is 5.91 Å². The summed E-state index contributed by atoms with van der Waals surface area (Å²) in [5.41, 5.74) is 0.332. The van der Waals surface area contributed by atoms with Gasteiger partial charge in [-0.2, -0.15) is 0 Å². The third kappa shape index (κ3) is 3.67. The summed E-state index contributed by atoms with van der Waals surface area (Å²) < 4.78 is 5.44. The molecule has 2 saturated heterocycles. The Morgan fingerprint density at radius 1 is 1.48 bits per heavy atom. The minimum atomic E-state index is 0.142. The Morgan fingerprint density at radius 2 is 2.26 bits per heavy atom. The van der Waals surface area contributed by atoms with Crippen molar-refractivity contribution in [3.05, 3.63) is 28.5 Å². The molecule has 0 N–H and O–H groups in total. The number of methoxy groups -OCH3 is 1. The SMILES string of the molecule is COCC1CN(C)CC12CCN(C(=O)/C=C/c1cccs1)CC2. The van der Waals surface area contributed by atoms with Crippen LogP contribution in [0.2, 0.25) is 0 Å². The van der Waals surface area contributed by atoms with Crippen LogP contribution in [0, 0.1) is 11.3 Å². The van der Waals surface area contributed by atoms with Gasteiger partial charge in [0, 0.05) is 50.2 Å². The molecule has 0 saturated carbocycles. The summed E-state index contributed by atoms with van der Waals surface area (Å²) in [4.78, 5) is 17.9. The third-order valence-corrected chi connectivity index (χ3v) is 6.19. The summed E-state index contributed by atoms with van der Waals surface area (Å²) in [6.45, 7) is 4.80. The molecule has 0 aromatic carbocycles. The van der Waals surface area contributed by atoms with Gasteiger partial charge in [0.15, 0.2) is 0 Å². The number of ether oxygens (including phenoxy) is 1. The number of thiophene rings is 1. The number of carbonyl (C=O) groups is 1. The zero-order valence-electron chi connectivity index (χ0n) is 14.0. The second kappa shape index (κ2) is 7.16. The fourth-order valence-electron chi connectivity index (χ4n) is 4.12. The van der Waals surface area contributed by atoms with E-state index < -0.39 is 0 Å². The van der Waals surface area contributed by atoms with Crippen LogP contribution in [-0.4, -0.2) is 62.7 Å². The van der Waals surface area contributed by atoms with E-state index in [0.29, 0.717) is 11.3 Å². The van der Waals surface area contributed by atoms with Crippen LogP contribution in [0.5, 0.6) is 0 Å². The average Bonchev–Trinajstić information content (AvgIpc) is 3.15. The van der Waals surface area contributed by atoms with Crippen LogP contribution in [0.3, 0.4) is 0 Å². The molecule has 1 aromatic rings. The van der Waals surface area contributed by atoms with Gasteiger partial charge in [-0.05, 0) is 42.8 Å². The number of carbonyl (C=O) groups excluding carboxylic acids is 1. The molecule has 5 heteroatoms. The van der Waals surface area contributed by atoms with E-state index >= 15 is 0 Å². The topological polar surface area (TPSA) is 32.8 Å². The molecule has 1 spiro atoms. The average molecular weight is 334 g/mol. The minimum absolute atomic E-state index is 0.142. The smallest absolute Gasteiger partial charge is 0.246 e. The Hall–Kier alpha value is -1.17. The number of hydrogen-bond donors (Lipinski definition) is 0. The molecule has 3 heterocycles. The molecule has 23 heavy (non-hydrogen) atoms. The maximum Gasteiger partial charge on any atom is 0.246 e. The number of likely N-dealkylation sites (tertiary alicyclic amines) is 2. The highest BCUT2D eigenvalue weighted by Gasteiger charge is 2.47. The minimum Gasteiger partial charge on any atom is -0.384 e. The molecule has 2 fully saturated rings. The third-order valence-electron chi connectivity index (χ3n) is 5.36. The van der Waals surface area contributed by atoms with Crippen LogP contribution >= 0.6 is 11.3 Å². The second-order valence-electron chi connectivity index (χ2n) is 6.89. The molecule has 4 nitrogen and oxygen atoms in total. The lowest BCUT2D eigenvalue weighted by Crippen LogP contribution is -2.46. The Labute approximate surface area is 142 Å². The lowest BCUT2D eigenvalue weighted by molar-refractivity contribution is -0.128. The molecular weight excluding hydrogens is 308 g/mol. The van der Waals surface area contributed by atoms with Crippen molar-refractivity contribution in [1.29, 1.82) is 0 Å². The summed E-state index contributed by atoms with van der Waals surface area (Å²) in [6.07, 6.45) is 5.82. The number of amides is 1. The molecule has 2 aliphatic rings. The molecule has 1 unspecified atom stereocenters. The molecule has 2 aliphatic heterocycles. The molecule has 1 atom stereocenters. The Bertz CT molecular complexity index is 547. The second-order valence-corrected chi connectivity index (χ2v) is 7.86. The molecular formula is C18H26N2O2S. The van der Waals surface area contributed by atoms with Crippen LogP contribution in [0.1, 0.15) is 17.7 Å². The molecule has 0 aliphatic carbocycles. The highest BCUT2D eigenvalue weighted by Crippen LogP contribution is 2.44. The highest BCUT2D eigenvalue weighted by atomic mass is 32.1. The number of nitrogens with zero attached hydrogens (tertiary/aromatic N) is 2. The van der Waals surface area contributed by atoms with E-state index in [9.17, 15) is 4.79 Å². The summed E-state index contributed by atoms with van der Waals surface area (Å²) in [5, 5.41) is 2.03. The van der Waals surface area contributed by atoms with Crippen LogP contribution in [0.25, 0.3) is 6.08 Å². The van der Waals surface area contributed by atoms with Gasteiger partial charge in [0.1, 0.15) is 0 Å². The van der Waals surface area contributed by atoms with Crippen LogP contribution in [0.15, 0.2) is 23.6 Å². The van der Waals surface area contributed by atoms with E-state index in [-0.39, 0.29) is 5.91 Å². The van der Waals surface area contributed by atoms with Crippen molar-refractivity contribution in [3.8, 4) is 0 Å². The van der Waals surface area contributed by atoms with Crippen molar-refractivity contribution < 1.29 is 9.53 Å². The zero-order chi connectivity index (χ0) is 16.3. The van der Waals surface area contributed by atoms with Gasteiger partial charge < -0.3 is 14.5 Å². The molecule has 1 amide bonds. The first-order valence-electron chi connectivity index (χ1n) is 8.31. The lowest BCUT2D eigenvalue weighted by atomic mass is 9.71. The van der Waals surface area contributed by atoms with E-state index in [1.165, 1.54) is 0 Å². The Morgan fingerprint density at radius 3 is 2.91 bits per heavy atom. The Balaban J connectivity index is 1.58. The summed E-state index contributed by atoms with van der Waals surface area (Å²) in [6, 6.07) is 4.04. The largest absolute Gasteiger partial charge is 0.384 e. The summed E-state index contributed by atoms with van der Waals surface area (Å²) in [5.74, 6) is 0.735. The first kappa shape index (κ1) is 16.7. The van der Waals surface area contributed by atoms with E-state index in [2.05, 4.69) is 11.9 Å². The summed E-state index contributed by atoms with van der Waals surface area (Å²) in [7, 11) is 3.98. The first-order valence-corrected chi connectivity index (χ1v) is 9.19. The van der Waals surface area contributed by atoms with E-state index in [4.69, 9.17) is 4.74 Å². The predicted octanol–water partition coefficient (Wildman–Crippen LogP) is 2.58. The quantitative estimate of drug-likeness (QED) is 0.794. The first-order chi connectivity index (χ1) is 11.1. The van der Waals surface area contributed by atoms with Crippen molar-refractivity contribution in [1.82, 2.24) is 9.80 Å². The van der Waals surface area contributed by atoms with E-state index in [0.717, 1.165) is 50.5 Å². The van der Waals surface area contributed by atoms with Gasteiger partial charge in [0.05, 0.1) is 6.61 Å². The highest BCUT2D eigenvalue weighted by molar-refractivity contribution is 7.10. The van der Waals surface area contributed by atoms with Crippen LogP contribution in [-0.2, 0) is 9.53 Å². The van der Waals surface area contributed by atoms with Crippen molar-refractivity contribution in [3.63, 3.8) is 0 Å². The van der Waals surface area contributed by atoms with Gasteiger partial charge in [-0.15, -0.1) is 11.3 Å². The van der Waals surface area contributed by atoms with Gasteiger partial charge in [-0.3, -0.25) is 4.79 Å². The van der Waals surface area contributed by atoms with Gasteiger partial charge >= 0.3 is 0 Å². The summed E-state index contributed by atoms with van der Waals surface area (Å²) >= 11 is 1.66. The van der Waals surface area contributed by atoms with Crippen LogP contribution in [0.4, 0.5) is 0 Å². The lowest BCUT2D eigenvalue weighted by Gasteiger charge is -2.42. The number of rotatable bonds is 4.